The van der Waals surface area contributed by atoms with Crippen molar-refractivity contribution in [3.8, 4) is 0 Å². The molecule has 0 bridgehead atoms. The molecule has 3 rings (SSSR count). The third-order valence-electron chi connectivity index (χ3n) is 5.28. The second-order valence-electron chi connectivity index (χ2n) is 7.46. The van der Waals surface area contributed by atoms with Gasteiger partial charge in [-0.05, 0) is 63.3 Å². The van der Waals surface area contributed by atoms with E-state index in [0.717, 1.165) is 24.8 Å². The molecule has 1 aromatic carbocycles. The van der Waals surface area contributed by atoms with Crippen molar-refractivity contribution >= 4 is 27.6 Å². The number of piperidine rings is 1. The van der Waals surface area contributed by atoms with Gasteiger partial charge in [-0.2, -0.15) is 0 Å². The highest BCUT2D eigenvalue weighted by Gasteiger charge is 2.33. The maximum atomic E-state index is 12.3. The molecule has 148 valence electrons. The Morgan fingerprint density at radius 1 is 1.19 bits per heavy atom. The fourth-order valence-corrected chi connectivity index (χ4v) is 5.26. The van der Waals surface area contributed by atoms with Gasteiger partial charge in [0.25, 0.3) is 5.91 Å². The molecule has 7 nitrogen and oxygen atoms in total. The van der Waals surface area contributed by atoms with Gasteiger partial charge in [-0.1, -0.05) is 0 Å². The van der Waals surface area contributed by atoms with Gasteiger partial charge in [-0.15, -0.1) is 0 Å². The number of carbonyl (C=O) groups is 2. The molecule has 0 saturated carbocycles. The van der Waals surface area contributed by atoms with Gasteiger partial charge in [-0.25, -0.2) is 13.2 Å². The SMILES string of the molecule is C[C@@H]1CCCCN1C(=O)COC(=O)c1ccc2c(c1)C[C@H](C)N2S(C)(=O)=O. The van der Waals surface area contributed by atoms with Gasteiger partial charge in [-0.3, -0.25) is 9.10 Å². The predicted octanol–water partition coefficient (Wildman–Crippen LogP) is 1.96. The molecule has 27 heavy (non-hydrogen) atoms. The molecule has 2 aliphatic heterocycles. The summed E-state index contributed by atoms with van der Waals surface area (Å²) < 4.78 is 30.5. The Morgan fingerprint density at radius 2 is 1.93 bits per heavy atom. The van der Waals surface area contributed by atoms with Crippen molar-refractivity contribution in [1.29, 1.82) is 0 Å². The molecule has 0 aliphatic carbocycles. The number of amides is 1. The number of sulfonamides is 1. The van der Waals surface area contributed by atoms with Crippen LogP contribution in [0.15, 0.2) is 18.2 Å². The van der Waals surface area contributed by atoms with Crippen molar-refractivity contribution in [3.63, 3.8) is 0 Å². The lowest BCUT2D eigenvalue weighted by Crippen LogP contribution is -2.44. The van der Waals surface area contributed by atoms with Crippen LogP contribution in [0.1, 0.15) is 49.0 Å². The molecule has 1 aromatic rings. The average Bonchev–Trinajstić information content (AvgIpc) is 2.94. The minimum atomic E-state index is -3.37. The van der Waals surface area contributed by atoms with Gasteiger partial charge in [0.15, 0.2) is 6.61 Å². The first-order valence-corrected chi connectivity index (χ1v) is 11.1. The summed E-state index contributed by atoms with van der Waals surface area (Å²) in [7, 11) is -3.37. The van der Waals surface area contributed by atoms with Crippen LogP contribution in [0.3, 0.4) is 0 Å². The molecule has 2 aliphatic rings. The van der Waals surface area contributed by atoms with E-state index in [1.165, 1.54) is 10.6 Å². The predicted molar refractivity (Wildman–Crippen MR) is 102 cm³/mol. The van der Waals surface area contributed by atoms with Crippen LogP contribution >= 0.6 is 0 Å². The number of hydrogen-bond acceptors (Lipinski definition) is 5. The summed E-state index contributed by atoms with van der Waals surface area (Å²) in [6, 6.07) is 4.82. The number of ether oxygens (including phenoxy) is 1. The maximum Gasteiger partial charge on any atom is 0.338 e. The summed E-state index contributed by atoms with van der Waals surface area (Å²) >= 11 is 0. The number of esters is 1. The Balaban J connectivity index is 1.67. The van der Waals surface area contributed by atoms with Crippen LogP contribution in [-0.2, 0) is 26.0 Å². The highest BCUT2D eigenvalue weighted by molar-refractivity contribution is 7.92. The molecular weight excluding hydrogens is 368 g/mol. The number of rotatable bonds is 4. The number of carbonyl (C=O) groups excluding carboxylic acids is 2. The minimum Gasteiger partial charge on any atom is -0.452 e. The molecule has 0 unspecified atom stereocenters. The van der Waals surface area contributed by atoms with E-state index in [4.69, 9.17) is 4.74 Å². The van der Waals surface area contributed by atoms with Crippen LogP contribution in [0.5, 0.6) is 0 Å². The van der Waals surface area contributed by atoms with E-state index < -0.39 is 16.0 Å². The summed E-state index contributed by atoms with van der Waals surface area (Å²) in [4.78, 5) is 26.4. The summed E-state index contributed by atoms with van der Waals surface area (Å²) in [5.74, 6) is -0.741. The molecule has 2 atom stereocenters. The lowest BCUT2D eigenvalue weighted by atomic mass is 10.0. The van der Waals surface area contributed by atoms with Crippen LogP contribution in [0.4, 0.5) is 5.69 Å². The standard InChI is InChI=1S/C19H26N2O5S/c1-13-6-4-5-9-20(13)18(22)12-26-19(23)15-7-8-17-16(11-15)10-14(2)21(17)27(3,24)25/h7-8,11,13-14H,4-6,9-10,12H2,1-3H3/t13-,14+/m1/s1. The van der Waals surface area contributed by atoms with E-state index in [1.54, 1.807) is 23.1 Å². The van der Waals surface area contributed by atoms with Crippen molar-refractivity contribution in [1.82, 2.24) is 4.90 Å². The Labute approximate surface area is 160 Å². The van der Waals surface area contributed by atoms with Crippen LogP contribution in [-0.4, -0.2) is 56.7 Å². The molecule has 1 amide bonds. The van der Waals surface area contributed by atoms with Crippen LogP contribution in [0.2, 0.25) is 0 Å². The number of anilines is 1. The lowest BCUT2D eigenvalue weighted by Gasteiger charge is -2.33. The van der Waals surface area contributed by atoms with E-state index in [0.29, 0.717) is 24.2 Å². The molecule has 0 spiro atoms. The first kappa shape index (κ1) is 19.7. The topological polar surface area (TPSA) is 84.0 Å². The molecule has 0 N–H and O–H groups in total. The van der Waals surface area contributed by atoms with Crippen LogP contribution in [0, 0.1) is 0 Å². The van der Waals surface area contributed by atoms with Crippen LogP contribution < -0.4 is 4.31 Å². The highest BCUT2D eigenvalue weighted by Crippen LogP contribution is 2.34. The monoisotopic (exact) mass is 394 g/mol. The first-order valence-electron chi connectivity index (χ1n) is 9.27. The lowest BCUT2D eigenvalue weighted by molar-refractivity contribution is -0.137. The second kappa shape index (κ2) is 7.50. The third-order valence-corrected chi connectivity index (χ3v) is 6.55. The zero-order chi connectivity index (χ0) is 19.8. The summed E-state index contributed by atoms with van der Waals surface area (Å²) in [5, 5.41) is 0. The first-order chi connectivity index (χ1) is 12.7. The summed E-state index contributed by atoms with van der Waals surface area (Å²) in [5.41, 5.74) is 1.72. The van der Waals surface area contributed by atoms with E-state index in [-0.39, 0.29) is 24.6 Å². The number of fused-ring (bicyclic) bond motifs is 1. The quantitative estimate of drug-likeness (QED) is 0.729. The molecule has 8 heteroatoms. The van der Waals surface area contributed by atoms with Crippen molar-refractivity contribution in [3.05, 3.63) is 29.3 Å². The van der Waals surface area contributed by atoms with Gasteiger partial charge in [0.05, 0.1) is 17.5 Å². The van der Waals surface area contributed by atoms with E-state index in [9.17, 15) is 18.0 Å². The van der Waals surface area contributed by atoms with Crippen molar-refractivity contribution in [2.75, 3.05) is 23.7 Å². The normalized spacial score (nSPS) is 22.5. The van der Waals surface area contributed by atoms with E-state index in [1.807, 2.05) is 13.8 Å². The summed E-state index contributed by atoms with van der Waals surface area (Å²) in [6.45, 7) is 4.27. The molecular formula is C19H26N2O5S. The minimum absolute atomic E-state index is 0.173. The van der Waals surface area contributed by atoms with Gasteiger partial charge in [0, 0.05) is 18.6 Å². The van der Waals surface area contributed by atoms with Gasteiger partial charge in [0.1, 0.15) is 0 Å². The Hall–Kier alpha value is -2.09. The van der Waals surface area contributed by atoms with Crippen molar-refractivity contribution in [2.45, 2.75) is 51.6 Å². The Kier molecular flexibility index (Phi) is 5.46. The Bertz CT molecular complexity index is 852. The van der Waals surface area contributed by atoms with Gasteiger partial charge < -0.3 is 9.64 Å². The molecule has 1 saturated heterocycles. The largest absolute Gasteiger partial charge is 0.452 e. The van der Waals surface area contributed by atoms with E-state index in [2.05, 4.69) is 0 Å². The van der Waals surface area contributed by atoms with E-state index >= 15 is 0 Å². The zero-order valence-electron chi connectivity index (χ0n) is 16.0. The maximum absolute atomic E-state index is 12.3. The third kappa shape index (κ3) is 4.10. The van der Waals surface area contributed by atoms with Gasteiger partial charge in [0.2, 0.25) is 10.0 Å². The molecule has 0 radical (unpaired) electrons. The average molecular weight is 394 g/mol. The van der Waals surface area contributed by atoms with Crippen LogP contribution in [0.25, 0.3) is 0 Å². The zero-order valence-corrected chi connectivity index (χ0v) is 16.8. The molecule has 0 aromatic heterocycles. The van der Waals surface area contributed by atoms with Crippen molar-refractivity contribution in [2.24, 2.45) is 0 Å². The molecule has 2 heterocycles. The number of benzene rings is 1. The molecule has 1 fully saturated rings. The van der Waals surface area contributed by atoms with Gasteiger partial charge >= 0.3 is 5.97 Å². The Morgan fingerprint density at radius 3 is 2.59 bits per heavy atom. The highest BCUT2D eigenvalue weighted by atomic mass is 32.2. The van der Waals surface area contributed by atoms with Crippen molar-refractivity contribution < 1.29 is 22.7 Å². The number of likely N-dealkylation sites (tertiary alicyclic amines) is 1. The fourth-order valence-electron chi connectivity index (χ4n) is 4.00. The second-order valence-corrected chi connectivity index (χ2v) is 9.32. The fraction of sp³-hybridized carbons (Fsp3) is 0.579. The smallest absolute Gasteiger partial charge is 0.338 e. The summed E-state index contributed by atoms with van der Waals surface area (Å²) in [6.07, 6.45) is 4.77. The number of hydrogen-bond donors (Lipinski definition) is 0. The number of nitrogens with zero attached hydrogens (tertiary/aromatic N) is 2.